The molecule has 0 atom stereocenters. The highest BCUT2D eigenvalue weighted by molar-refractivity contribution is 14.0. The molecule has 3 N–H and O–H groups in total. The predicted molar refractivity (Wildman–Crippen MR) is 115 cm³/mol. The number of halogens is 1. The molecule has 7 heteroatoms. The van der Waals surface area contributed by atoms with Crippen LogP contribution in [0, 0.1) is 5.92 Å². The number of nitrogens with one attached hydrogen (secondary N) is 3. The Kier molecular flexibility index (Phi) is 9.79. The van der Waals surface area contributed by atoms with Crippen molar-refractivity contribution in [2.24, 2.45) is 10.9 Å². The summed E-state index contributed by atoms with van der Waals surface area (Å²) >= 11 is 0. The van der Waals surface area contributed by atoms with Crippen LogP contribution in [0.15, 0.2) is 52.1 Å². The molecule has 0 spiro atoms. The minimum atomic E-state index is -0.124. The first kappa shape index (κ1) is 22.0. The number of carbonyl (C=O) groups excluding carboxylic acids is 1. The van der Waals surface area contributed by atoms with E-state index in [1.165, 1.54) is 0 Å². The van der Waals surface area contributed by atoms with Gasteiger partial charge in [0.05, 0.1) is 12.8 Å². The van der Waals surface area contributed by atoms with Gasteiger partial charge in [-0.1, -0.05) is 26.0 Å². The molecule has 1 heterocycles. The number of rotatable bonds is 7. The van der Waals surface area contributed by atoms with Gasteiger partial charge in [-0.05, 0) is 35.7 Å². The molecule has 0 aliphatic carbocycles. The number of hydrogen-bond donors (Lipinski definition) is 3. The van der Waals surface area contributed by atoms with Crippen molar-refractivity contribution in [2.45, 2.75) is 26.9 Å². The molecule has 0 radical (unpaired) electrons. The Bertz CT molecular complexity index is 699. The average Bonchev–Trinajstić information content (AvgIpc) is 3.13. The molecular formula is C19H27IN4O2. The van der Waals surface area contributed by atoms with E-state index < -0.39 is 0 Å². The minimum absolute atomic E-state index is 0. The normalized spacial score (nSPS) is 11.0. The van der Waals surface area contributed by atoms with Gasteiger partial charge in [0.15, 0.2) is 5.96 Å². The van der Waals surface area contributed by atoms with Crippen LogP contribution in [-0.4, -0.2) is 25.5 Å². The van der Waals surface area contributed by atoms with E-state index in [4.69, 9.17) is 4.42 Å². The quantitative estimate of drug-likeness (QED) is 0.330. The summed E-state index contributed by atoms with van der Waals surface area (Å²) in [4.78, 5) is 16.4. The first-order valence-corrected chi connectivity index (χ1v) is 8.42. The molecule has 1 amide bonds. The SMILES string of the molecule is CN=C(NCc1cccc(C(=O)NCc2ccco2)c1)NCC(C)C.I. The summed E-state index contributed by atoms with van der Waals surface area (Å²) in [6.07, 6.45) is 1.59. The Morgan fingerprint density at radius 2 is 1.92 bits per heavy atom. The summed E-state index contributed by atoms with van der Waals surface area (Å²) in [5.41, 5.74) is 1.63. The van der Waals surface area contributed by atoms with Crippen LogP contribution < -0.4 is 16.0 Å². The lowest BCUT2D eigenvalue weighted by molar-refractivity contribution is 0.0948. The lowest BCUT2D eigenvalue weighted by Gasteiger charge is -2.14. The Hall–Kier alpha value is -2.03. The molecule has 26 heavy (non-hydrogen) atoms. The standard InChI is InChI=1S/C19H26N4O2.HI/c1-14(2)11-22-19(20-3)23-12-15-6-4-7-16(10-15)18(24)21-13-17-8-5-9-25-17;/h4-10,14H,11-13H2,1-3H3,(H,21,24)(H2,20,22,23);1H. The number of nitrogens with zero attached hydrogens (tertiary/aromatic N) is 1. The zero-order valence-corrected chi connectivity index (χ0v) is 17.7. The summed E-state index contributed by atoms with van der Waals surface area (Å²) in [7, 11) is 1.74. The smallest absolute Gasteiger partial charge is 0.251 e. The predicted octanol–water partition coefficient (Wildman–Crippen LogP) is 3.15. The number of hydrogen-bond acceptors (Lipinski definition) is 3. The molecule has 0 bridgehead atoms. The fourth-order valence-corrected chi connectivity index (χ4v) is 2.21. The zero-order chi connectivity index (χ0) is 18.1. The van der Waals surface area contributed by atoms with Crippen LogP contribution in [0.5, 0.6) is 0 Å². The maximum absolute atomic E-state index is 12.3. The summed E-state index contributed by atoms with van der Waals surface area (Å²) < 4.78 is 5.22. The van der Waals surface area contributed by atoms with E-state index in [1.54, 1.807) is 25.4 Å². The summed E-state index contributed by atoms with van der Waals surface area (Å²) in [6.45, 7) is 6.11. The third kappa shape index (κ3) is 7.47. The highest BCUT2D eigenvalue weighted by atomic mass is 127. The zero-order valence-electron chi connectivity index (χ0n) is 15.4. The molecule has 0 aliphatic heterocycles. The Morgan fingerprint density at radius 3 is 2.58 bits per heavy atom. The molecule has 1 aromatic heterocycles. The van der Waals surface area contributed by atoms with Crippen LogP contribution in [-0.2, 0) is 13.1 Å². The van der Waals surface area contributed by atoms with Gasteiger partial charge in [-0.15, -0.1) is 24.0 Å². The molecule has 0 fully saturated rings. The molecule has 2 aromatic rings. The molecule has 142 valence electrons. The Morgan fingerprint density at radius 1 is 1.12 bits per heavy atom. The van der Waals surface area contributed by atoms with Gasteiger partial charge in [0.1, 0.15) is 5.76 Å². The van der Waals surface area contributed by atoms with E-state index in [2.05, 4.69) is 34.8 Å². The van der Waals surface area contributed by atoms with Crippen LogP contribution in [0.3, 0.4) is 0 Å². The molecular weight excluding hydrogens is 443 g/mol. The van der Waals surface area contributed by atoms with Crippen molar-refractivity contribution in [2.75, 3.05) is 13.6 Å². The number of amides is 1. The summed E-state index contributed by atoms with van der Waals surface area (Å²) in [5, 5.41) is 9.36. The van der Waals surface area contributed by atoms with Crippen molar-refractivity contribution < 1.29 is 9.21 Å². The molecule has 0 saturated carbocycles. The summed E-state index contributed by atoms with van der Waals surface area (Å²) in [6, 6.07) is 11.2. The molecule has 0 unspecified atom stereocenters. The van der Waals surface area contributed by atoms with Crippen LogP contribution in [0.2, 0.25) is 0 Å². The third-order valence-electron chi connectivity index (χ3n) is 3.55. The fraction of sp³-hybridized carbons (Fsp3) is 0.368. The maximum Gasteiger partial charge on any atom is 0.251 e. The largest absolute Gasteiger partial charge is 0.467 e. The second-order valence-electron chi connectivity index (χ2n) is 6.16. The van der Waals surface area contributed by atoms with Crippen molar-refractivity contribution in [1.29, 1.82) is 0 Å². The lowest BCUT2D eigenvalue weighted by Crippen LogP contribution is -2.38. The van der Waals surface area contributed by atoms with Gasteiger partial charge in [0.2, 0.25) is 0 Å². The van der Waals surface area contributed by atoms with Crippen LogP contribution in [0.1, 0.15) is 35.5 Å². The number of aliphatic imine (C=N–C) groups is 1. The van der Waals surface area contributed by atoms with E-state index in [0.717, 1.165) is 23.8 Å². The van der Waals surface area contributed by atoms with E-state index in [0.29, 0.717) is 24.6 Å². The molecule has 1 aromatic carbocycles. The fourth-order valence-electron chi connectivity index (χ4n) is 2.21. The van der Waals surface area contributed by atoms with Gasteiger partial charge in [0.25, 0.3) is 5.91 Å². The van der Waals surface area contributed by atoms with Crippen LogP contribution >= 0.6 is 24.0 Å². The average molecular weight is 470 g/mol. The number of benzene rings is 1. The van der Waals surface area contributed by atoms with Crippen molar-refractivity contribution in [3.05, 3.63) is 59.5 Å². The molecule has 6 nitrogen and oxygen atoms in total. The van der Waals surface area contributed by atoms with Gasteiger partial charge in [0, 0.05) is 25.7 Å². The van der Waals surface area contributed by atoms with Gasteiger partial charge in [-0.25, -0.2) is 0 Å². The molecule has 0 saturated heterocycles. The number of carbonyl (C=O) groups is 1. The third-order valence-corrected chi connectivity index (χ3v) is 3.55. The number of guanidine groups is 1. The van der Waals surface area contributed by atoms with Crippen LogP contribution in [0.4, 0.5) is 0 Å². The van der Waals surface area contributed by atoms with E-state index >= 15 is 0 Å². The first-order chi connectivity index (χ1) is 12.1. The van der Waals surface area contributed by atoms with E-state index in [1.807, 2.05) is 24.3 Å². The second kappa shape index (κ2) is 11.6. The molecule has 2 rings (SSSR count). The first-order valence-electron chi connectivity index (χ1n) is 8.42. The lowest BCUT2D eigenvalue weighted by atomic mass is 10.1. The van der Waals surface area contributed by atoms with Gasteiger partial charge < -0.3 is 20.4 Å². The van der Waals surface area contributed by atoms with E-state index in [9.17, 15) is 4.79 Å². The van der Waals surface area contributed by atoms with Gasteiger partial charge in [-0.2, -0.15) is 0 Å². The van der Waals surface area contributed by atoms with Crippen molar-refractivity contribution in [3.63, 3.8) is 0 Å². The van der Waals surface area contributed by atoms with Crippen molar-refractivity contribution in [1.82, 2.24) is 16.0 Å². The van der Waals surface area contributed by atoms with Gasteiger partial charge in [-0.3, -0.25) is 9.79 Å². The van der Waals surface area contributed by atoms with E-state index in [-0.39, 0.29) is 29.9 Å². The van der Waals surface area contributed by atoms with Crippen molar-refractivity contribution >= 4 is 35.8 Å². The maximum atomic E-state index is 12.3. The highest BCUT2D eigenvalue weighted by Crippen LogP contribution is 2.06. The monoisotopic (exact) mass is 470 g/mol. The van der Waals surface area contributed by atoms with Gasteiger partial charge >= 0.3 is 0 Å². The number of furan rings is 1. The Balaban J connectivity index is 0.00000338. The summed E-state index contributed by atoms with van der Waals surface area (Å²) in [5.74, 6) is 1.90. The Labute approximate surface area is 171 Å². The van der Waals surface area contributed by atoms with Crippen LogP contribution in [0.25, 0.3) is 0 Å². The second-order valence-corrected chi connectivity index (χ2v) is 6.16. The van der Waals surface area contributed by atoms with Crippen molar-refractivity contribution in [3.8, 4) is 0 Å². The topological polar surface area (TPSA) is 78.7 Å². The molecule has 0 aliphatic rings. The highest BCUT2D eigenvalue weighted by Gasteiger charge is 2.07. The minimum Gasteiger partial charge on any atom is -0.467 e.